The normalized spacial score (nSPS) is 17.4. The van der Waals surface area contributed by atoms with Crippen molar-refractivity contribution in [1.29, 1.82) is 0 Å². The van der Waals surface area contributed by atoms with E-state index in [1.807, 2.05) is 20.8 Å². The summed E-state index contributed by atoms with van der Waals surface area (Å²) in [6.07, 6.45) is 1.93. The van der Waals surface area contributed by atoms with Crippen molar-refractivity contribution in [3.05, 3.63) is 57.3 Å². The van der Waals surface area contributed by atoms with Crippen LogP contribution in [0.5, 0.6) is 0 Å². The minimum absolute atomic E-state index is 0.117. The molecule has 30 heavy (non-hydrogen) atoms. The van der Waals surface area contributed by atoms with Crippen molar-refractivity contribution in [2.75, 3.05) is 12.3 Å². The fourth-order valence-corrected chi connectivity index (χ4v) is 3.98. The molecule has 2 aromatic rings. The zero-order chi connectivity index (χ0) is 21.6. The van der Waals surface area contributed by atoms with Crippen molar-refractivity contribution in [1.82, 2.24) is 14.5 Å². The molecule has 0 saturated heterocycles. The van der Waals surface area contributed by atoms with Gasteiger partial charge in [0.1, 0.15) is 11.4 Å². The van der Waals surface area contributed by atoms with Crippen molar-refractivity contribution in [2.45, 2.75) is 58.2 Å². The molecule has 0 radical (unpaired) electrons. The molecule has 2 N–H and O–H groups in total. The number of nitrogen functional groups attached to an aromatic ring is 1. The van der Waals surface area contributed by atoms with E-state index in [2.05, 4.69) is 4.98 Å². The number of fused-ring (bicyclic) bond motifs is 1. The van der Waals surface area contributed by atoms with Gasteiger partial charge in [0.15, 0.2) is 0 Å². The summed E-state index contributed by atoms with van der Waals surface area (Å²) in [5.41, 5.74) is 7.41. The van der Waals surface area contributed by atoms with E-state index in [1.165, 1.54) is 12.1 Å². The highest BCUT2D eigenvalue weighted by atomic mass is 19.1. The Kier molecular flexibility index (Phi) is 5.03. The molecule has 2 aliphatic rings. The molecule has 1 unspecified atom stereocenters. The van der Waals surface area contributed by atoms with Gasteiger partial charge in [-0.15, -0.1) is 0 Å². The number of rotatable bonds is 3. The summed E-state index contributed by atoms with van der Waals surface area (Å²) in [6.45, 7) is 6.00. The number of aromatic nitrogens is 2. The molecule has 2 heterocycles. The first-order valence-electron chi connectivity index (χ1n) is 10.3. The van der Waals surface area contributed by atoms with E-state index in [0.717, 1.165) is 18.4 Å². The number of halogens is 1. The highest BCUT2D eigenvalue weighted by molar-refractivity contribution is 5.68. The molecular weight excluding hydrogens is 387 g/mol. The number of hydrogen-bond donors (Lipinski definition) is 1. The van der Waals surface area contributed by atoms with Crippen LogP contribution in [0.4, 0.5) is 15.1 Å². The number of ether oxygens (including phenoxy) is 1. The van der Waals surface area contributed by atoms with E-state index < -0.39 is 11.7 Å². The van der Waals surface area contributed by atoms with Crippen LogP contribution in [0, 0.1) is 11.7 Å². The Bertz CT molecular complexity index is 1020. The van der Waals surface area contributed by atoms with Crippen LogP contribution in [0.1, 0.15) is 56.5 Å². The fraction of sp³-hybridized carbons (Fsp3) is 0.500. The summed E-state index contributed by atoms with van der Waals surface area (Å²) in [7, 11) is 0. The molecular formula is C22H27FN4O3. The average Bonchev–Trinajstić information content (AvgIpc) is 3.49. The lowest BCUT2D eigenvalue weighted by atomic mass is 10.0. The molecule has 1 atom stereocenters. The minimum Gasteiger partial charge on any atom is -0.444 e. The van der Waals surface area contributed by atoms with E-state index in [1.54, 1.807) is 21.6 Å². The maximum atomic E-state index is 13.4. The van der Waals surface area contributed by atoms with Gasteiger partial charge < -0.3 is 15.4 Å². The predicted molar refractivity (Wildman–Crippen MR) is 111 cm³/mol. The Morgan fingerprint density at radius 3 is 2.53 bits per heavy atom. The van der Waals surface area contributed by atoms with Gasteiger partial charge in [0.2, 0.25) is 5.95 Å². The topological polar surface area (TPSA) is 90.4 Å². The van der Waals surface area contributed by atoms with Crippen LogP contribution in [0.2, 0.25) is 0 Å². The van der Waals surface area contributed by atoms with Crippen LogP contribution in [0.15, 0.2) is 29.1 Å². The molecule has 1 aromatic carbocycles. The molecule has 7 nitrogen and oxygen atoms in total. The fourth-order valence-electron chi connectivity index (χ4n) is 3.98. The summed E-state index contributed by atoms with van der Waals surface area (Å²) in [5.74, 6) is 0.0718. The van der Waals surface area contributed by atoms with Gasteiger partial charge in [-0.3, -0.25) is 9.36 Å². The first-order chi connectivity index (χ1) is 14.1. The van der Waals surface area contributed by atoms with E-state index in [4.69, 9.17) is 10.5 Å². The van der Waals surface area contributed by atoms with Gasteiger partial charge in [0.05, 0.1) is 18.3 Å². The zero-order valence-electron chi connectivity index (χ0n) is 17.5. The van der Waals surface area contributed by atoms with Crippen LogP contribution in [0.3, 0.4) is 0 Å². The van der Waals surface area contributed by atoms with Crippen LogP contribution < -0.4 is 11.3 Å². The van der Waals surface area contributed by atoms with Crippen LogP contribution in [0.25, 0.3) is 0 Å². The SMILES string of the molecule is CC(C)(C)OC(=O)N1CCc2c(nc(N)n(C(c3ccc(F)cc3)C3CC3)c2=O)C1. The molecule has 1 aliphatic heterocycles. The van der Waals surface area contributed by atoms with Crippen LogP contribution in [-0.2, 0) is 17.7 Å². The first kappa shape index (κ1) is 20.4. The van der Waals surface area contributed by atoms with E-state index in [9.17, 15) is 14.0 Å². The predicted octanol–water partition coefficient (Wildman–Crippen LogP) is 3.26. The number of amides is 1. The maximum absolute atomic E-state index is 13.4. The molecule has 0 bridgehead atoms. The van der Waals surface area contributed by atoms with Gasteiger partial charge in [-0.05, 0) is 63.6 Å². The number of nitrogens with two attached hydrogens (primary N) is 1. The van der Waals surface area contributed by atoms with Gasteiger partial charge in [-0.2, -0.15) is 0 Å². The zero-order valence-corrected chi connectivity index (χ0v) is 17.5. The van der Waals surface area contributed by atoms with Crippen molar-refractivity contribution < 1.29 is 13.9 Å². The monoisotopic (exact) mass is 414 g/mol. The third-order valence-electron chi connectivity index (χ3n) is 5.50. The maximum Gasteiger partial charge on any atom is 0.410 e. The van der Waals surface area contributed by atoms with E-state index >= 15 is 0 Å². The standard InChI is InChI=1S/C22H27FN4O3/c1-22(2,3)30-21(29)26-11-10-16-17(12-26)25-20(24)27(19(16)28)18(13-4-5-13)14-6-8-15(23)9-7-14/h6-9,13,18H,4-5,10-12H2,1-3H3,(H2,24,25). The van der Waals surface area contributed by atoms with Gasteiger partial charge in [-0.25, -0.2) is 14.2 Å². The van der Waals surface area contributed by atoms with Crippen LogP contribution in [-0.4, -0.2) is 32.7 Å². The smallest absolute Gasteiger partial charge is 0.410 e. The second-order valence-electron chi connectivity index (χ2n) is 9.06. The summed E-state index contributed by atoms with van der Waals surface area (Å²) >= 11 is 0. The van der Waals surface area contributed by atoms with Crippen molar-refractivity contribution in [2.24, 2.45) is 5.92 Å². The highest BCUT2D eigenvalue weighted by Crippen LogP contribution is 2.43. The quantitative estimate of drug-likeness (QED) is 0.833. The van der Waals surface area contributed by atoms with Gasteiger partial charge in [-0.1, -0.05) is 12.1 Å². The minimum atomic E-state index is -0.597. The molecule has 8 heteroatoms. The third kappa shape index (κ3) is 4.04. The summed E-state index contributed by atoms with van der Waals surface area (Å²) in [5, 5.41) is 0. The molecule has 1 saturated carbocycles. The lowest BCUT2D eigenvalue weighted by Crippen LogP contribution is -2.43. The van der Waals surface area contributed by atoms with E-state index in [0.29, 0.717) is 24.2 Å². The van der Waals surface area contributed by atoms with Gasteiger partial charge >= 0.3 is 6.09 Å². The largest absolute Gasteiger partial charge is 0.444 e. The number of hydrogen-bond acceptors (Lipinski definition) is 5. The lowest BCUT2D eigenvalue weighted by Gasteiger charge is -2.31. The molecule has 1 amide bonds. The second kappa shape index (κ2) is 7.41. The average molecular weight is 414 g/mol. The molecule has 0 spiro atoms. The van der Waals surface area contributed by atoms with Crippen molar-refractivity contribution in [3.63, 3.8) is 0 Å². The molecule has 160 valence electrons. The summed E-state index contributed by atoms with van der Waals surface area (Å²) in [4.78, 5) is 31.8. The second-order valence-corrected chi connectivity index (χ2v) is 9.06. The molecule has 4 rings (SSSR count). The van der Waals surface area contributed by atoms with E-state index in [-0.39, 0.29) is 35.8 Å². The number of benzene rings is 1. The Balaban J connectivity index is 1.68. The Labute approximate surface area is 174 Å². The molecule has 1 fully saturated rings. The Hall–Kier alpha value is -2.90. The molecule has 1 aromatic heterocycles. The summed E-state index contributed by atoms with van der Waals surface area (Å²) < 4.78 is 20.4. The van der Waals surface area contributed by atoms with Crippen molar-refractivity contribution in [3.8, 4) is 0 Å². The highest BCUT2D eigenvalue weighted by Gasteiger charge is 2.37. The Morgan fingerprint density at radius 2 is 1.93 bits per heavy atom. The first-order valence-corrected chi connectivity index (χ1v) is 10.3. The number of nitrogens with zero attached hydrogens (tertiary/aromatic N) is 3. The van der Waals surface area contributed by atoms with Crippen molar-refractivity contribution >= 4 is 12.0 Å². The summed E-state index contributed by atoms with van der Waals surface area (Å²) in [6, 6.07) is 5.94. The van der Waals surface area contributed by atoms with Crippen LogP contribution >= 0.6 is 0 Å². The van der Waals surface area contributed by atoms with Gasteiger partial charge in [0, 0.05) is 12.1 Å². The number of carbonyl (C=O) groups is 1. The Morgan fingerprint density at radius 1 is 1.27 bits per heavy atom. The van der Waals surface area contributed by atoms with Gasteiger partial charge in [0.25, 0.3) is 5.56 Å². The lowest BCUT2D eigenvalue weighted by molar-refractivity contribution is 0.0220. The number of carbonyl (C=O) groups excluding carboxylic acids is 1. The molecule has 1 aliphatic carbocycles. The number of anilines is 1. The third-order valence-corrected chi connectivity index (χ3v) is 5.50.